The van der Waals surface area contributed by atoms with Gasteiger partial charge >= 0.3 is 0 Å². The minimum absolute atomic E-state index is 0.00523. The number of Topliss-reactive ketones (excluding diaryl/α,β-unsaturated/α-hetero) is 1. The Labute approximate surface area is 128 Å². The van der Waals surface area contributed by atoms with Crippen molar-refractivity contribution in [1.82, 2.24) is 9.97 Å². The number of para-hydroxylation sites is 1. The van der Waals surface area contributed by atoms with Crippen LogP contribution < -0.4 is 0 Å². The maximum absolute atomic E-state index is 12.5. The Morgan fingerprint density at radius 1 is 1.05 bits per heavy atom. The summed E-state index contributed by atoms with van der Waals surface area (Å²) in [6, 6.07) is 9.87. The van der Waals surface area contributed by atoms with Gasteiger partial charge in [0, 0.05) is 26.1 Å². The van der Waals surface area contributed by atoms with Gasteiger partial charge in [0.2, 0.25) is 5.78 Å². The van der Waals surface area contributed by atoms with Gasteiger partial charge < -0.3 is 0 Å². The lowest BCUT2D eigenvalue weighted by molar-refractivity contribution is 0.103. The summed E-state index contributed by atoms with van der Waals surface area (Å²) in [5, 5.41) is 2.99. The zero-order chi connectivity index (χ0) is 13.9. The van der Waals surface area contributed by atoms with Gasteiger partial charge in [0.15, 0.2) is 0 Å². The topological polar surface area (TPSA) is 42.9 Å². The highest BCUT2D eigenvalue weighted by Crippen LogP contribution is 2.39. The normalized spacial score (nSPS) is 14.4. The summed E-state index contributed by atoms with van der Waals surface area (Å²) in [6.45, 7) is 1.84. The fourth-order valence-corrected chi connectivity index (χ4v) is 3.34. The molecule has 4 rings (SSSR count). The van der Waals surface area contributed by atoms with Crippen LogP contribution in [0.4, 0.5) is 0 Å². The van der Waals surface area contributed by atoms with E-state index in [9.17, 15) is 4.79 Å². The fourth-order valence-electron chi connectivity index (χ4n) is 2.69. The molecule has 1 aliphatic rings. The first-order chi connectivity index (χ1) is 9.68. The molecule has 4 heteroatoms. The number of fused-ring (bicyclic) bond motifs is 2. The molecule has 0 aliphatic heterocycles. The zero-order valence-electron chi connectivity index (χ0n) is 10.6. The molecule has 20 heavy (non-hydrogen) atoms. The summed E-state index contributed by atoms with van der Waals surface area (Å²) in [4.78, 5) is 21.5. The van der Waals surface area contributed by atoms with Gasteiger partial charge in [0.1, 0.15) is 5.69 Å². The van der Waals surface area contributed by atoms with E-state index in [2.05, 4.69) is 32.6 Å². The molecular formula is C16H9IN2O. The molecule has 3 aromatic rings. The number of carbonyl (C=O) groups is 1. The van der Waals surface area contributed by atoms with Crippen LogP contribution in [0.1, 0.15) is 23.1 Å². The Morgan fingerprint density at radius 2 is 1.85 bits per heavy atom. The standard InChI is InChI=1S/C16H9IN2O/c1-8-13(17)14-12-10(6-7-18-14)9-4-2-3-5-11(9)19-15(12)16(8)20/h2-7H,1H3. The predicted octanol–water partition coefficient (Wildman–Crippen LogP) is 4.15. The van der Waals surface area contributed by atoms with Crippen molar-refractivity contribution >= 4 is 53.6 Å². The van der Waals surface area contributed by atoms with Crippen LogP contribution in [0.3, 0.4) is 0 Å². The Hall–Kier alpha value is -1.82. The molecule has 3 nitrogen and oxygen atoms in total. The number of allylic oxidation sites excluding steroid dienone is 1. The second kappa shape index (κ2) is 4.09. The first kappa shape index (κ1) is 12.0. The third kappa shape index (κ3) is 1.42. The number of halogens is 1. The van der Waals surface area contributed by atoms with Crippen molar-refractivity contribution in [3.63, 3.8) is 0 Å². The Bertz CT molecular complexity index is 944. The van der Waals surface area contributed by atoms with E-state index in [0.717, 1.165) is 36.5 Å². The van der Waals surface area contributed by atoms with Crippen molar-refractivity contribution < 1.29 is 4.79 Å². The van der Waals surface area contributed by atoms with Crippen LogP contribution >= 0.6 is 22.6 Å². The highest BCUT2D eigenvalue weighted by Gasteiger charge is 2.27. The van der Waals surface area contributed by atoms with Crippen molar-refractivity contribution in [2.45, 2.75) is 6.92 Å². The van der Waals surface area contributed by atoms with Gasteiger partial charge in [-0.2, -0.15) is 0 Å². The Morgan fingerprint density at radius 3 is 2.70 bits per heavy atom. The molecule has 2 aromatic heterocycles. The number of hydrogen-bond acceptors (Lipinski definition) is 3. The summed E-state index contributed by atoms with van der Waals surface area (Å²) in [5.74, 6) is 0.00523. The summed E-state index contributed by atoms with van der Waals surface area (Å²) < 4.78 is 0.919. The monoisotopic (exact) mass is 372 g/mol. The van der Waals surface area contributed by atoms with Gasteiger partial charge in [-0.15, -0.1) is 0 Å². The first-order valence-corrected chi connectivity index (χ1v) is 7.35. The van der Waals surface area contributed by atoms with Crippen molar-refractivity contribution in [2.24, 2.45) is 0 Å². The van der Waals surface area contributed by atoms with E-state index in [1.165, 1.54) is 0 Å². The SMILES string of the molecule is CC1=C(I)c2nccc3c2c(nc2ccccc23)C1=O. The molecule has 0 amide bonds. The summed E-state index contributed by atoms with van der Waals surface area (Å²) in [5.41, 5.74) is 2.97. The number of aromatic nitrogens is 2. The van der Waals surface area contributed by atoms with Crippen molar-refractivity contribution in [2.75, 3.05) is 0 Å². The summed E-state index contributed by atoms with van der Waals surface area (Å²) >= 11 is 2.20. The number of rotatable bonds is 0. The lowest BCUT2D eigenvalue weighted by Crippen LogP contribution is -2.12. The molecule has 0 unspecified atom stereocenters. The Balaban J connectivity index is 2.33. The van der Waals surface area contributed by atoms with Gasteiger partial charge in [-0.05, 0) is 47.0 Å². The van der Waals surface area contributed by atoms with Gasteiger partial charge in [0.25, 0.3) is 0 Å². The first-order valence-electron chi connectivity index (χ1n) is 6.27. The van der Waals surface area contributed by atoms with Crippen LogP contribution in [0, 0.1) is 0 Å². The van der Waals surface area contributed by atoms with E-state index >= 15 is 0 Å². The van der Waals surface area contributed by atoms with Gasteiger partial charge in [0.05, 0.1) is 11.2 Å². The third-order valence-electron chi connectivity index (χ3n) is 3.71. The van der Waals surface area contributed by atoms with Crippen LogP contribution in [0.2, 0.25) is 0 Å². The van der Waals surface area contributed by atoms with Crippen molar-refractivity contribution in [3.8, 4) is 0 Å². The number of nitrogens with zero attached hydrogens (tertiary/aromatic N) is 2. The lowest BCUT2D eigenvalue weighted by atomic mass is 9.94. The average Bonchev–Trinajstić information content (AvgIpc) is 2.50. The van der Waals surface area contributed by atoms with E-state index in [1.807, 2.05) is 37.3 Å². The molecule has 0 atom stereocenters. The number of ketones is 1. The van der Waals surface area contributed by atoms with E-state index in [0.29, 0.717) is 5.69 Å². The number of pyridine rings is 2. The van der Waals surface area contributed by atoms with E-state index in [1.54, 1.807) is 6.20 Å². The van der Waals surface area contributed by atoms with Gasteiger partial charge in [-0.1, -0.05) is 18.2 Å². The lowest BCUT2D eigenvalue weighted by Gasteiger charge is -2.17. The zero-order valence-corrected chi connectivity index (χ0v) is 12.8. The maximum Gasteiger partial charge on any atom is 0.208 e. The van der Waals surface area contributed by atoms with Crippen LogP contribution in [0.15, 0.2) is 42.1 Å². The van der Waals surface area contributed by atoms with E-state index < -0.39 is 0 Å². The molecule has 0 spiro atoms. The number of benzene rings is 1. The molecule has 0 bridgehead atoms. The molecule has 1 aliphatic carbocycles. The number of hydrogen-bond donors (Lipinski definition) is 0. The number of carbonyl (C=O) groups excluding carboxylic acids is 1. The van der Waals surface area contributed by atoms with Crippen LogP contribution in [0.25, 0.3) is 25.3 Å². The second-order valence-corrected chi connectivity index (χ2v) is 5.91. The quantitative estimate of drug-likeness (QED) is 0.440. The minimum Gasteiger partial charge on any atom is -0.287 e. The smallest absolute Gasteiger partial charge is 0.208 e. The van der Waals surface area contributed by atoms with Crippen molar-refractivity contribution in [3.05, 3.63) is 53.5 Å². The van der Waals surface area contributed by atoms with Gasteiger partial charge in [-0.3, -0.25) is 9.78 Å². The third-order valence-corrected chi connectivity index (χ3v) is 5.03. The van der Waals surface area contributed by atoms with E-state index in [4.69, 9.17) is 0 Å². The molecule has 0 fully saturated rings. The average molecular weight is 372 g/mol. The molecule has 0 N–H and O–H groups in total. The highest BCUT2D eigenvalue weighted by atomic mass is 127. The van der Waals surface area contributed by atoms with E-state index in [-0.39, 0.29) is 5.78 Å². The molecule has 0 saturated carbocycles. The minimum atomic E-state index is 0.00523. The molecule has 0 saturated heterocycles. The highest BCUT2D eigenvalue weighted by molar-refractivity contribution is 14.1. The largest absolute Gasteiger partial charge is 0.287 e. The fraction of sp³-hybridized carbons (Fsp3) is 0.0625. The van der Waals surface area contributed by atoms with Crippen molar-refractivity contribution in [1.29, 1.82) is 0 Å². The molecule has 96 valence electrons. The molecule has 2 heterocycles. The predicted molar refractivity (Wildman–Crippen MR) is 88.0 cm³/mol. The molecular weight excluding hydrogens is 363 g/mol. The molecule has 0 radical (unpaired) electrons. The summed E-state index contributed by atoms with van der Waals surface area (Å²) in [6.07, 6.45) is 1.80. The van der Waals surface area contributed by atoms with Crippen LogP contribution in [0.5, 0.6) is 0 Å². The maximum atomic E-state index is 12.5. The van der Waals surface area contributed by atoms with Crippen LogP contribution in [-0.2, 0) is 0 Å². The molecule has 1 aromatic carbocycles. The summed E-state index contributed by atoms with van der Waals surface area (Å²) in [7, 11) is 0. The second-order valence-electron chi connectivity index (χ2n) is 4.83. The van der Waals surface area contributed by atoms with Gasteiger partial charge in [-0.25, -0.2) is 4.98 Å². The van der Waals surface area contributed by atoms with Crippen LogP contribution in [-0.4, -0.2) is 15.8 Å². The Kier molecular flexibility index (Phi) is 2.44.